The standard InChI is InChI=1S/C26H20FN3OS/c27-19-6-8-20(9-7-19)30-22-12-18(16-4-2-1-3-5-16)13-23(31)25(22)24(17-10-11-32-15-17)21(14-28)26(30)29/h1-11,15,18,24H,12-13,29H2/t18-,24+/m0/s1. The Balaban J connectivity index is 1.71. The third kappa shape index (κ3) is 3.31. The Bertz CT molecular complexity index is 1270. The Morgan fingerprint density at radius 1 is 1.03 bits per heavy atom. The van der Waals surface area contributed by atoms with Crippen LogP contribution >= 0.6 is 11.3 Å². The summed E-state index contributed by atoms with van der Waals surface area (Å²) in [5.41, 5.74) is 11.0. The Morgan fingerprint density at radius 3 is 2.44 bits per heavy atom. The van der Waals surface area contributed by atoms with E-state index in [1.165, 1.54) is 23.5 Å². The van der Waals surface area contributed by atoms with E-state index in [4.69, 9.17) is 5.73 Å². The van der Waals surface area contributed by atoms with Crippen molar-refractivity contribution in [3.63, 3.8) is 0 Å². The molecule has 1 aliphatic carbocycles. The highest BCUT2D eigenvalue weighted by atomic mass is 32.1. The Kier molecular flexibility index (Phi) is 5.12. The molecule has 2 atom stereocenters. The zero-order valence-electron chi connectivity index (χ0n) is 17.2. The van der Waals surface area contributed by atoms with Crippen LogP contribution in [0.1, 0.15) is 35.8 Å². The topological polar surface area (TPSA) is 70.1 Å². The molecule has 2 heterocycles. The zero-order chi connectivity index (χ0) is 22.2. The second kappa shape index (κ2) is 8.10. The number of nitrogens with two attached hydrogens (primary N) is 1. The Labute approximate surface area is 189 Å². The van der Waals surface area contributed by atoms with Gasteiger partial charge < -0.3 is 5.73 Å². The molecular formula is C26H20FN3OS. The van der Waals surface area contributed by atoms with E-state index in [9.17, 15) is 14.4 Å². The van der Waals surface area contributed by atoms with Crippen LogP contribution in [0.5, 0.6) is 0 Å². The van der Waals surface area contributed by atoms with Crippen molar-refractivity contribution in [1.82, 2.24) is 0 Å². The van der Waals surface area contributed by atoms with Crippen LogP contribution in [0, 0.1) is 17.1 Å². The average molecular weight is 442 g/mol. The largest absolute Gasteiger partial charge is 0.384 e. The first kappa shape index (κ1) is 20.2. The van der Waals surface area contributed by atoms with Crippen molar-refractivity contribution < 1.29 is 9.18 Å². The third-order valence-corrected chi connectivity index (χ3v) is 6.90. The third-order valence-electron chi connectivity index (χ3n) is 6.20. The summed E-state index contributed by atoms with van der Waals surface area (Å²) in [7, 11) is 0. The maximum Gasteiger partial charge on any atom is 0.162 e. The molecule has 0 unspecified atom stereocenters. The van der Waals surface area contributed by atoms with Crippen LogP contribution in [0.4, 0.5) is 10.1 Å². The van der Waals surface area contributed by atoms with Gasteiger partial charge in [-0.3, -0.25) is 9.69 Å². The van der Waals surface area contributed by atoms with Crippen LogP contribution in [-0.2, 0) is 4.79 Å². The van der Waals surface area contributed by atoms with Gasteiger partial charge in [-0.1, -0.05) is 30.3 Å². The predicted molar refractivity (Wildman–Crippen MR) is 123 cm³/mol. The Morgan fingerprint density at radius 2 is 1.78 bits per heavy atom. The summed E-state index contributed by atoms with van der Waals surface area (Å²) in [5, 5.41) is 13.9. The molecule has 0 saturated carbocycles. The molecule has 2 N–H and O–H groups in total. The first-order valence-electron chi connectivity index (χ1n) is 10.4. The van der Waals surface area contributed by atoms with Crippen LogP contribution in [-0.4, -0.2) is 5.78 Å². The summed E-state index contributed by atoms with van der Waals surface area (Å²) >= 11 is 1.52. The normalized spacial score (nSPS) is 20.9. The molecule has 158 valence electrons. The van der Waals surface area contributed by atoms with Crippen molar-refractivity contribution in [2.75, 3.05) is 4.90 Å². The molecule has 2 aromatic carbocycles. The highest BCUT2D eigenvalue weighted by molar-refractivity contribution is 7.08. The fourth-order valence-electron chi connectivity index (χ4n) is 4.75. The van der Waals surface area contributed by atoms with Crippen LogP contribution < -0.4 is 10.6 Å². The molecule has 0 amide bonds. The number of Topliss-reactive ketones (excluding diaryl/α,β-unsaturated/α-hetero) is 1. The van der Waals surface area contributed by atoms with Crippen molar-refractivity contribution in [2.24, 2.45) is 5.73 Å². The van der Waals surface area contributed by atoms with Crippen LogP contribution in [0.2, 0.25) is 0 Å². The molecule has 5 rings (SSSR count). The van der Waals surface area contributed by atoms with Gasteiger partial charge in [-0.05, 0) is 64.6 Å². The number of nitrogens with zero attached hydrogens (tertiary/aromatic N) is 2. The number of rotatable bonds is 3. The number of hydrogen-bond donors (Lipinski definition) is 1. The molecule has 0 radical (unpaired) electrons. The summed E-state index contributed by atoms with van der Waals surface area (Å²) in [6.07, 6.45) is 0.974. The van der Waals surface area contributed by atoms with Crippen LogP contribution in [0.3, 0.4) is 0 Å². The van der Waals surface area contributed by atoms with Gasteiger partial charge in [0.1, 0.15) is 11.6 Å². The number of nitriles is 1. The van der Waals surface area contributed by atoms with E-state index in [-0.39, 0.29) is 23.3 Å². The lowest BCUT2D eigenvalue weighted by atomic mass is 9.72. The van der Waals surface area contributed by atoms with Gasteiger partial charge in [0.15, 0.2) is 5.78 Å². The number of ketones is 1. The zero-order valence-corrected chi connectivity index (χ0v) is 18.0. The molecular weight excluding hydrogens is 421 g/mol. The molecule has 0 bridgehead atoms. The van der Waals surface area contributed by atoms with E-state index in [0.717, 1.165) is 16.8 Å². The molecule has 0 saturated heterocycles. The number of benzene rings is 2. The average Bonchev–Trinajstić information content (AvgIpc) is 3.34. The molecule has 6 heteroatoms. The number of carbonyl (C=O) groups excluding carboxylic acids is 1. The van der Waals surface area contributed by atoms with Crippen molar-refractivity contribution in [3.05, 3.63) is 111 Å². The van der Waals surface area contributed by atoms with Gasteiger partial charge in [0.05, 0.1) is 17.6 Å². The first-order valence-corrected chi connectivity index (χ1v) is 11.3. The molecule has 1 aliphatic heterocycles. The maximum absolute atomic E-state index is 13.6. The number of carbonyl (C=O) groups is 1. The van der Waals surface area contributed by atoms with Gasteiger partial charge in [-0.15, -0.1) is 0 Å². The molecule has 32 heavy (non-hydrogen) atoms. The fraction of sp³-hybridized carbons (Fsp3) is 0.154. The summed E-state index contributed by atoms with van der Waals surface area (Å²) in [5.74, 6) is -0.535. The SMILES string of the molecule is N#CC1=C(N)N(c2ccc(F)cc2)C2=C(C(=O)C[C@@H](c3ccccc3)C2)[C@@H]1c1ccsc1. The smallest absolute Gasteiger partial charge is 0.162 e. The van der Waals surface area contributed by atoms with E-state index in [1.54, 1.807) is 17.0 Å². The van der Waals surface area contributed by atoms with E-state index in [2.05, 4.69) is 6.07 Å². The van der Waals surface area contributed by atoms with Crippen molar-refractivity contribution >= 4 is 22.8 Å². The summed E-state index contributed by atoms with van der Waals surface area (Å²) in [6.45, 7) is 0. The number of thiophene rings is 1. The molecule has 2 aliphatic rings. The van der Waals surface area contributed by atoms with Gasteiger partial charge in [-0.2, -0.15) is 16.6 Å². The van der Waals surface area contributed by atoms with Crippen molar-refractivity contribution in [1.29, 1.82) is 5.26 Å². The first-order chi connectivity index (χ1) is 15.6. The van der Waals surface area contributed by atoms with E-state index < -0.39 is 5.92 Å². The second-order valence-electron chi connectivity index (χ2n) is 8.01. The number of anilines is 1. The van der Waals surface area contributed by atoms with Gasteiger partial charge in [-0.25, -0.2) is 4.39 Å². The summed E-state index contributed by atoms with van der Waals surface area (Å²) in [4.78, 5) is 15.4. The minimum atomic E-state index is -0.484. The van der Waals surface area contributed by atoms with Gasteiger partial charge in [0.25, 0.3) is 0 Å². The lowest BCUT2D eigenvalue weighted by Crippen LogP contribution is -2.40. The lowest BCUT2D eigenvalue weighted by molar-refractivity contribution is -0.116. The number of halogens is 1. The predicted octanol–water partition coefficient (Wildman–Crippen LogP) is 5.59. The monoisotopic (exact) mass is 441 g/mol. The summed E-state index contributed by atoms with van der Waals surface area (Å²) < 4.78 is 13.6. The quantitative estimate of drug-likeness (QED) is 0.576. The lowest BCUT2D eigenvalue weighted by Gasteiger charge is -2.41. The van der Waals surface area contributed by atoms with Gasteiger partial charge in [0, 0.05) is 23.4 Å². The fourth-order valence-corrected chi connectivity index (χ4v) is 5.43. The van der Waals surface area contributed by atoms with Crippen LogP contribution in [0.25, 0.3) is 0 Å². The minimum Gasteiger partial charge on any atom is -0.384 e. The molecule has 0 spiro atoms. The molecule has 4 nitrogen and oxygen atoms in total. The van der Waals surface area contributed by atoms with Gasteiger partial charge >= 0.3 is 0 Å². The minimum absolute atomic E-state index is 0.00459. The number of hydrogen-bond acceptors (Lipinski definition) is 5. The molecule has 3 aromatic rings. The Hall–Kier alpha value is -3.69. The summed E-state index contributed by atoms with van der Waals surface area (Å²) in [6, 6.07) is 20.1. The van der Waals surface area contributed by atoms with E-state index in [1.807, 2.05) is 47.2 Å². The van der Waals surface area contributed by atoms with E-state index >= 15 is 0 Å². The molecule has 0 fully saturated rings. The van der Waals surface area contributed by atoms with Gasteiger partial charge in [0.2, 0.25) is 0 Å². The van der Waals surface area contributed by atoms with Crippen molar-refractivity contribution in [3.8, 4) is 6.07 Å². The highest BCUT2D eigenvalue weighted by Gasteiger charge is 2.42. The van der Waals surface area contributed by atoms with E-state index in [0.29, 0.717) is 29.7 Å². The highest BCUT2D eigenvalue weighted by Crippen LogP contribution is 2.49. The maximum atomic E-state index is 13.6. The molecule has 1 aromatic heterocycles. The second-order valence-corrected chi connectivity index (χ2v) is 8.79. The van der Waals surface area contributed by atoms with Crippen LogP contribution in [0.15, 0.2) is 94.1 Å². The number of allylic oxidation sites excluding steroid dienone is 3. The van der Waals surface area contributed by atoms with Crippen molar-refractivity contribution in [2.45, 2.75) is 24.7 Å².